The standard InChI is InChI=1S/C16H14FN3O5/c17-14-6-1-2-7-15(14)24-8-9-25-18-11-16(21)19-12-4-3-5-13(10-12)20(22)23/h1-7,10-11H,8-9H2,(H,19,21)/b18-11+. The van der Waals surface area contributed by atoms with Crippen molar-refractivity contribution in [2.75, 3.05) is 18.5 Å². The molecule has 8 nitrogen and oxygen atoms in total. The highest BCUT2D eigenvalue weighted by atomic mass is 19.1. The Morgan fingerprint density at radius 1 is 1.24 bits per heavy atom. The Morgan fingerprint density at radius 3 is 2.80 bits per heavy atom. The Morgan fingerprint density at radius 2 is 2.04 bits per heavy atom. The Labute approximate surface area is 142 Å². The van der Waals surface area contributed by atoms with Crippen molar-refractivity contribution in [2.45, 2.75) is 0 Å². The van der Waals surface area contributed by atoms with E-state index in [1.807, 2.05) is 0 Å². The van der Waals surface area contributed by atoms with Crippen molar-refractivity contribution in [3.05, 3.63) is 64.5 Å². The molecule has 0 saturated carbocycles. The lowest BCUT2D eigenvalue weighted by atomic mass is 10.3. The zero-order valence-corrected chi connectivity index (χ0v) is 12.9. The van der Waals surface area contributed by atoms with Crippen molar-refractivity contribution >= 4 is 23.5 Å². The smallest absolute Gasteiger partial charge is 0.271 e. The van der Waals surface area contributed by atoms with Crippen molar-refractivity contribution in [1.29, 1.82) is 0 Å². The van der Waals surface area contributed by atoms with Gasteiger partial charge in [0, 0.05) is 17.8 Å². The van der Waals surface area contributed by atoms with Crippen molar-refractivity contribution in [3.8, 4) is 5.75 Å². The fourth-order valence-electron chi connectivity index (χ4n) is 1.76. The first kappa shape index (κ1) is 17.9. The molecule has 2 aromatic carbocycles. The molecule has 0 aliphatic carbocycles. The van der Waals surface area contributed by atoms with E-state index < -0.39 is 16.6 Å². The predicted molar refractivity (Wildman–Crippen MR) is 88.1 cm³/mol. The minimum absolute atomic E-state index is 0.00885. The summed E-state index contributed by atoms with van der Waals surface area (Å²) in [6.07, 6.45) is 0.877. The lowest BCUT2D eigenvalue weighted by Crippen LogP contribution is -2.13. The molecule has 0 atom stereocenters. The zero-order valence-electron chi connectivity index (χ0n) is 12.9. The first-order valence-electron chi connectivity index (χ1n) is 7.14. The van der Waals surface area contributed by atoms with Gasteiger partial charge < -0.3 is 14.9 Å². The summed E-state index contributed by atoms with van der Waals surface area (Å²) in [5.74, 6) is -1.00. The highest BCUT2D eigenvalue weighted by molar-refractivity contribution is 6.31. The number of nitro groups is 1. The number of rotatable bonds is 8. The van der Waals surface area contributed by atoms with Crippen molar-refractivity contribution in [2.24, 2.45) is 5.16 Å². The van der Waals surface area contributed by atoms with Crippen molar-refractivity contribution < 1.29 is 23.7 Å². The second-order valence-electron chi connectivity index (χ2n) is 4.64. The summed E-state index contributed by atoms with van der Waals surface area (Å²) < 4.78 is 18.4. The summed E-state index contributed by atoms with van der Waals surface area (Å²) in [7, 11) is 0. The number of halogens is 1. The molecule has 1 amide bonds. The lowest BCUT2D eigenvalue weighted by molar-refractivity contribution is -0.384. The fourth-order valence-corrected chi connectivity index (χ4v) is 1.76. The van der Waals surface area contributed by atoms with E-state index in [0.29, 0.717) is 0 Å². The van der Waals surface area contributed by atoms with Gasteiger partial charge in [0.15, 0.2) is 18.2 Å². The molecule has 0 saturated heterocycles. The van der Waals surface area contributed by atoms with E-state index in [9.17, 15) is 19.3 Å². The van der Waals surface area contributed by atoms with Crippen molar-refractivity contribution in [1.82, 2.24) is 0 Å². The molecule has 0 spiro atoms. The van der Waals surface area contributed by atoms with Crippen LogP contribution in [0.15, 0.2) is 53.7 Å². The second-order valence-corrected chi connectivity index (χ2v) is 4.64. The van der Waals surface area contributed by atoms with Gasteiger partial charge in [-0.05, 0) is 18.2 Å². The van der Waals surface area contributed by atoms with E-state index >= 15 is 0 Å². The zero-order chi connectivity index (χ0) is 18.1. The van der Waals surface area contributed by atoms with E-state index in [-0.39, 0.29) is 30.3 Å². The van der Waals surface area contributed by atoms with Gasteiger partial charge in [0.25, 0.3) is 11.6 Å². The number of hydrogen-bond donors (Lipinski definition) is 1. The first-order chi connectivity index (χ1) is 12.1. The van der Waals surface area contributed by atoms with Gasteiger partial charge in [-0.3, -0.25) is 14.9 Å². The van der Waals surface area contributed by atoms with Gasteiger partial charge >= 0.3 is 0 Å². The third-order valence-corrected chi connectivity index (χ3v) is 2.84. The molecule has 2 aromatic rings. The molecule has 0 unspecified atom stereocenters. The van der Waals surface area contributed by atoms with Gasteiger partial charge in [-0.2, -0.15) is 0 Å². The van der Waals surface area contributed by atoms with Crippen LogP contribution in [0.3, 0.4) is 0 Å². The molecule has 0 aliphatic heterocycles. The summed E-state index contributed by atoms with van der Waals surface area (Å²) in [5, 5.41) is 16.5. The first-order valence-corrected chi connectivity index (χ1v) is 7.14. The SMILES string of the molecule is O=C(/C=N/OCCOc1ccccc1F)Nc1cccc([N+](=O)[O-])c1. The molecule has 0 fully saturated rings. The van der Waals surface area contributed by atoms with E-state index in [1.165, 1.54) is 36.4 Å². The molecule has 0 aromatic heterocycles. The van der Waals surface area contributed by atoms with Crippen LogP contribution in [-0.2, 0) is 9.63 Å². The van der Waals surface area contributed by atoms with Crippen LogP contribution in [0, 0.1) is 15.9 Å². The molecular formula is C16H14FN3O5. The Kier molecular flexibility index (Phi) is 6.40. The average Bonchev–Trinajstić information content (AvgIpc) is 2.59. The third-order valence-electron chi connectivity index (χ3n) is 2.84. The molecule has 0 bridgehead atoms. The molecule has 0 aliphatic rings. The fraction of sp³-hybridized carbons (Fsp3) is 0.125. The van der Waals surface area contributed by atoms with Crippen LogP contribution in [-0.4, -0.2) is 30.3 Å². The van der Waals surface area contributed by atoms with Gasteiger partial charge in [0.2, 0.25) is 0 Å². The Bertz CT molecular complexity index is 782. The Hall–Kier alpha value is -3.49. The summed E-state index contributed by atoms with van der Waals surface area (Å²) in [5.41, 5.74) is 0.116. The number of nitrogens with one attached hydrogen (secondary N) is 1. The van der Waals surface area contributed by atoms with Gasteiger partial charge in [0.05, 0.1) is 4.92 Å². The molecule has 130 valence electrons. The van der Waals surface area contributed by atoms with Crippen LogP contribution in [0.1, 0.15) is 0 Å². The third kappa shape index (κ3) is 5.90. The van der Waals surface area contributed by atoms with Crippen molar-refractivity contribution in [3.63, 3.8) is 0 Å². The molecule has 0 radical (unpaired) electrons. The van der Waals surface area contributed by atoms with Gasteiger partial charge in [-0.1, -0.05) is 23.4 Å². The topological polar surface area (TPSA) is 103 Å². The monoisotopic (exact) mass is 347 g/mol. The number of oxime groups is 1. The minimum Gasteiger partial charge on any atom is -0.487 e. The Balaban J connectivity index is 1.71. The quantitative estimate of drug-likeness (QED) is 0.342. The predicted octanol–water partition coefficient (Wildman–Crippen LogP) is 2.75. The lowest BCUT2D eigenvalue weighted by Gasteiger charge is -2.05. The normalized spacial score (nSPS) is 10.4. The summed E-state index contributed by atoms with van der Waals surface area (Å²) >= 11 is 0. The summed E-state index contributed by atoms with van der Waals surface area (Å²) in [6, 6.07) is 11.4. The summed E-state index contributed by atoms with van der Waals surface area (Å²) in [4.78, 5) is 26.5. The number of para-hydroxylation sites is 1. The maximum Gasteiger partial charge on any atom is 0.271 e. The number of carbonyl (C=O) groups is 1. The molecule has 25 heavy (non-hydrogen) atoms. The molecule has 1 N–H and O–H groups in total. The van der Waals surface area contributed by atoms with Crippen LogP contribution < -0.4 is 10.1 Å². The van der Waals surface area contributed by atoms with E-state index in [2.05, 4.69) is 10.5 Å². The van der Waals surface area contributed by atoms with Crippen LogP contribution in [0.2, 0.25) is 0 Å². The van der Waals surface area contributed by atoms with Gasteiger partial charge in [0.1, 0.15) is 12.8 Å². The average molecular weight is 347 g/mol. The number of nitro benzene ring substituents is 1. The number of ether oxygens (including phenoxy) is 1. The van der Waals surface area contributed by atoms with E-state index in [4.69, 9.17) is 9.57 Å². The van der Waals surface area contributed by atoms with E-state index in [1.54, 1.807) is 12.1 Å². The summed E-state index contributed by atoms with van der Waals surface area (Å²) in [6.45, 7) is 0.0553. The largest absolute Gasteiger partial charge is 0.487 e. The highest BCUT2D eigenvalue weighted by Gasteiger charge is 2.07. The maximum atomic E-state index is 13.3. The number of benzene rings is 2. The van der Waals surface area contributed by atoms with Gasteiger partial charge in [-0.15, -0.1) is 0 Å². The van der Waals surface area contributed by atoms with Crippen LogP contribution in [0.25, 0.3) is 0 Å². The number of amides is 1. The van der Waals surface area contributed by atoms with Crippen LogP contribution in [0.4, 0.5) is 15.8 Å². The number of carbonyl (C=O) groups excluding carboxylic acids is 1. The molecule has 2 rings (SSSR count). The number of non-ortho nitro benzene ring substituents is 1. The number of anilines is 1. The molecular weight excluding hydrogens is 333 g/mol. The molecule has 0 heterocycles. The number of hydrogen-bond acceptors (Lipinski definition) is 6. The second kappa shape index (κ2) is 8.96. The molecule has 9 heteroatoms. The van der Waals surface area contributed by atoms with Crippen LogP contribution in [0.5, 0.6) is 5.75 Å². The highest BCUT2D eigenvalue weighted by Crippen LogP contribution is 2.17. The van der Waals surface area contributed by atoms with Gasteiger partial charge in [-0.25, -0.2) is 4.39 Å². The number of nitrogens with zero attached hydrogens (tertiary/aromatic N) is 2. The minimum atomic E-state index is -0.615. The van der Waals surface area contributed by atoms with Crippen LogP contribution >= 0.6 is 0 Å². The van der Waals surface area contributed by atoms with E-state index in [0.717, 1.165) is 6.21 Å². The maximum absolute atomic E-state index is 13.3.